The molecular weight excluding hydrogens is 422 g/mol. The van der Waals surface area contributed by atoms with Gasteiger partial charge in [-0.2, -0.15) is 0 Å². The van der Waals surface area contributed by atoms with Gasteiger partial charge in [-0.15, -0.1) is 0 Å². The van der Waals surface area contributed by atoms with E-state index in [1.165, 1.54) is 0 Å². The van der Waals surface area contributed by atoms with Crippen molar-refractivity contribution in [3.8, 4) is 0 Å². The van der Waals surface area contributed by atoms with Crippen LogP contribution in [0.15, 0.2) is 72.9 Å². The van der Waals surface area contributed by atoms with E-state index in [0.29, 0.717) is 19.3 Å². The maximum absolute atomic E-state index is 12.0. The van der Waals surface area contributed by atoms with Gasteiger partial charge in [-0.25, -0.2) is 0 Å². The zero-order valence-corrected chi connectivity index (χ0v) is 21.6. The molecule has 2 unspecified atom stereocenters. The number of carbonyl (C=O) groups is 1. The Labute approximate surface area is 208 Å². The molecule has 0 radical (unpaired) electrons. The van der Waals surface area contributed by atoms with Crippen LogP contribution in [0.4, 0.5) is 0 Å². The summed E-state index contributed by atoms with van der Waals surface area (Å²) >= 11 is 0. The van der Waals surface area contributed by atoms with Crippen LogP contribution >= 0.6 is 0 Å². The van der Waals surface area contributed by atoms with Gasteiger partial charge in [-0.1, -0.05) is 106 Å². The molecule has 0 aromatic heterocycles. The lowest BCUT2D eigenvalue weighted by molar-refractivity contribution is -0.123. The third-order valence-corrected chi connectivity index (χ3v) is 5.25. The highest BCUT2D eigenvalue weighted by Gasteiger charge is 2.19. The molecular formula is C30H49NO3. The minimum atomic E-state index is -0.689. The van der Waals surface area contributed by atoms with Crippen LogP contribution in [0.5, 0.6) is 0 Å². The van der Waals surface area contributed by atoms with Crippen molar-refractivity contribution in [1.29, 1.82) is 0 Å². The van der Waals surface area contributed by atoms with Crippen LogP contribution in [0.25, 0.3) is 0 Å². The topological polar surface area (TPSA) is 69.6 Å². The molecule has 3 N–H and O–H groups in total. The molecule has 192 valence electrons. The fraction of sp³-hybridized carbons (Fsp3) is 0.567. The molecule has 0 spiro atoms. The van der Waals surface area contributed by atoms with E-state index >= 15 is 0 Å². The molecule has 0 aliphatic heterocycles. The molecule has 34 heavy (non-hydrogen) atoms. The van der Waals surface area contributed by atoms with E-state index in [1.54, 1.807) is 0 Å². The summed E-state index contributed by atoms with van der Waals surface area (Å²) in [5.74, 6) is -0.131. The average molecular weight is 472 g/mol. The molecule has 2 atom stereocenters. The van der Waals surface area contributed by atoms with E-state index in [1.807, 2.05) is 6.08 Å². The van der Waals surface area contributed by atoms with Crippen molar-refractivity contribution < 1.29 is 15.0 Å². The average Bonchev–Trinajstić information content (AvgIpc) is 2.84. The molecule has 0 aliphatic rings. The molecule has 0 bridgehead atoms. The van der Waals surface area contributed by atoms with E-state index in [9.17, 15) is 15.0 Å². The third kappa shape index (κ3) is 21.7. The Kier molecular flexibility index (Phi) is 23.8. The Hall–Kier alpha value is -2.17. The first-order chi connectivity index (χ1) is 16.7. The lowest BCUT2D eigenvalue weighted by Gasteiger charge is -2.22. The molecule has 0 fully saturated rings. The number of rotatable bonds is 21. The summed E-state index contributed by atoms with van der Waals surface area (Å²) in [4.78, 5) is 12.0. The van der Waals surface area contributed by atoms with E-state index in [2.05, 4.69) is 86.0 Å². The molecule has 0 aromatic rings. The number of aliphatic hydroxyl groups excluding tert-OH is 2. The molecule has 0 rings (SSSR count). The van der Waals surface area contributed by atoms with Crippen molar-refractivity contribution in [1.82, 2.24) is 5.32 Å². The van der Waals surface area contributed by atoms with Crippen LogP contribution < -0.4 is 5.32 Å². The molecule has 0 heterocycles. The second-order valence-electron chi connectivity index (χ2n) is 8.37. The summed E-state index contributed by atoms with van der Waals surface area (Å²) in [5, 5.41) is 22.3. The lowest BCUT2D eigenvalue weighted by atomic mass is 10.0. The third-order valence-electron chi connectivity index (χ3n) is 5.25. The Morgan fingerprint density at radius 3 is 1.65 bits per heavy atom. The number of hydrogen-bond acceptors (Lipinski definition) is 3. The molecule has 4 nitrogen and oxygen atoms in total. The van der Waals surface area contributed by atoms with Gasteiger partial charge in [-0.3, -0.25) is 4.79 Å². The van der Waals surface area contributed by atoms with Crippen LogP contribution in [0, 0.1) is 0 Å². The molecule has 0 saturated carbocycles. The van der Waals surface area contributed by atoms with Gasteiger partial charge in [0.05, 0.1) is 18.8 Å². The lowest BCUT2D eigenvalue weighted by Crippen LogP contribution is -2.45. The van der Waals surface area contributed by atoms with Crippen LogP contribution in [0.3, 0.4) is 0 Å². The summed E-state index contributed by atoms with van der Waals surface area (Å²) in [6.45, 7) is 4.01. The fourth-order valence-electron chi connectivity index (χ4n) is 3.20. The number of amides is 1. The zero-order valence-electron chi connectivity index (χ0n) is 21.6. The Morgan fingerprint density at radius 1 is 0.735 bits per heavy atom. The number of unbranched alkanes of at least 4 members (excludes halogenated alkanes) is 2. The van der Waals surface area contributed by atoms with Crippen molar-refractivity contribution in [2.45, 2.75) is 103 Å². The van der Waals surface area contributed by atoms with E-state index < -0.39 is 12.1 Å². The van der Waals surface area contributed by atoms with Crippen molar-refractivity contribution in [2.75, 3.05) is 6.61 Å². The van der Waals surface area contributed by atoms with Gasteiger partial charge in [0.25, 0.3) is 0 Å². The summed E-state index contributed by atoms with van der Waals surface area (Å²) in [6, 6.07) is -0.574. The van der Waals surface area contributed by atoms with Gasteiger partial charge in [0.1, 0.15) is 0 Å². The van der Waals surface area contributed by atoms with Crippen molar-refractivity contribution in [3.05, 3.63) is 72.9 Å². The van der Waals surface area contributed by atoms with Gasteiger partial charge in [-0.05, 0) is 51.4 Å². The van der Waals surface area contributed by atoms with E-state index in [0.717, 1.165) is 57.8 Å². The quantitative estimate of drug-likeness (QED) is 0.126. The minimum absolute atomic E-state index is 0.131. The Bertz CT molecular complexity index is 643. The number of nitrogens with one attached hydrogen (secondary N) is 1. The maximum Gasteiger partial charge on any atom is 0.220 e. The monoisotopic (exact) mass is 471 g/mol. The number of carbonyl (C=O) groups excluding carboxylic acids is 1. The van der Waals surface area contributed by atoms with Gasteiger partial charge in [0.2, 0.25) is 5.91 Å². The first-order valence-electron chi connectivity index (χ1n) is 13.1. The summed E-state index contributed by atoms with van der Waals surface area (Å²) < 4.78 is 0. The van der Waals surface area contributed by atoms with E-state index in [-0.39, 0.29) is 12.5 Å². The van der Waals surface area contributed by atoms with Gasteiger partial charge in [0, 0.05) is 6.42 Å². The number of allylic oxidation sites excluding steroid dienone is 12. The maximum atomic E-state index is 12.0. The fourth-order valence-corrected chi connectivity index (χ4v) is 3.20. The highest BCUT2D eigenvalue weighted by Crippen LogP contribution is 2.07. The van der Waals surface area contributed by atoms with Crippen LogP contribution in [-0.2, 0) is 4.79 Å². The highest BCUT2D eigenvalue weighted by molar-refractivity contribution is 5.76. The van der Waals surface area contributed by atoms with Crippen LogP contribution in [-0.4, -0.2) is 34.9 Å². The summed E-state index contributed by atoms with van der Waals surface area (Å²) in [6.07, 6.45) is 35.7. The molecule has 1 amide bonds. The minimum Gasteiger partial charge on any atom is -0.394 e. The highest BCUT2D eigenvalue weighted by atomic mass is 16.3. The Balaban J connectivity index is 3.81. The number of hydrogen-bond donors (Lipinski definition) is 3. The first-order valence-corrected chi connectivity index (χ1v) is 13.1. The first kappa shape index (κ1) is 31.8. The van der Waals surface area contributed by atoms with Crippen molar-refractivity contribution in [2.24, 2.45) is 0 Å². The predicted molar refractivity (Wildman–Crippen MR) is 147 cm³/mol. The number of aliphatic hydroxyl groups is 2. The zero-order chi connectivity index (χ0) is 25.1. The smallest absolute Gasteiger partial charge is 0.220 e. The van der Waals surface area contributed by atoms with Crippen molar-refractivity contribution in [3.63, 3.8) is 0 Å². The Morgan fingerprint density at radius 2 is 1.21 bits per heavy atom. The standard InChI is InChI=1S/C30H49NO3/c1-3-5-7-8-9-10-11-12-13-14-15-16-17-18-19-20-21-22-24-26-30(34)31-28(27-32)29(33)25-23-6-4-2/h5,7,9-10,12-13,15-16,18-19,21-22,28-29,32-33H,3-4,6,8,11,14,17,20,23-27H2,1-2H3,(H,31,34)/b7-5-,10-9-,13-12-,16-15-,19-18-,22-21-. The molecule has 0 aromatic carbocycles. The van der Waals surface area contributed by atoms with Gasteiger partial charge in [0.15, 0.2) is 0 Å². The second kappa shape index (κ2) is 25.5. The van der Waals surface area contributed by atoms with Crippen molar-refractivity contribution >= 4 is 5.91 Å². The van der Waals surface area contributed by atoms with Crippen LogP contribution in [0.2, 0.25) is 0 Å². The predicted octanol–water partition coefficient (Wildman–Crippen LogP) is 6.88. The second-order valence-corrected chi connectivity index (χ2v) is 8.37. The normalized spacial score (nSPS) is 14.6. The summed E-state index contributed by atoms with van der Waals surface area (Å²) in [7, 11) is 0. The molecule has 4 heteroatoms. The SMILES string of the molecule is CC/C=C\C/C=C\C/C=C\C/C=C\C/C=C\C/C=C\CCC(=O)NC(CO)C(O)CCCCC. The van der Waals surface area contributed by atoms with Gasteiger partial charge >= 0.3 is 0 Å². The largest absolute Gasteiger partial charge is 0.394 e. The molecule has 0 saturated heterocycles. The molecule has 0 aliphatic carbocycles. The summed E-state index contributed by atoms with van der Waals surface area (Å²) in [5.41, 5.74) is 0. The van der Waals surface area contributed by atoms with Gasteiger partial charge < -0.3 is 15.5 Å². The van der Waals surface area contributed by atoms with E-state index in [4.69, 9.17) is 0 Å². The van der Waals surface area contributed by atoms with Crippen LogP contribution in [0.1, 0.15) is 90.9 Å².